The van der Waals surface area contributed by atoms with Crippen molar-refractivity contribution < 1.29 is 14.3 Å². The molecule has 1 aromatic heterocycles. The Kier molecular flexibility index (Phi) is 7.11. The van der Waals surface area contributed by atoms with Crippen molar-refractivity contribution in [3.63, 3.8) is 0 Å². The van der Waals surface area contributed by atoms with Gasteiger partial charge in [-0.15, -0.1) is 5.10 Å². The lowest BCUT2D eigenvalue weighted by atomic mass is 9.92. The van der Waals surface area contributed by atoms with E-state index >= 15 is 0 Å². The van der Waals surface area contributed by atoms with E-state index in [4.69, 9.17) is 4.74 Å². The van der Waals surface area contributed by atoms with E-state index in [1.54, 1.807) is 4.68 Å². The number of hydrogen-bond acceptors (Lipinski definition) is 6. The lowest BCUT2D eigenvalue weighted by Crippen LogP contribution is -2.51. The smallest absolute Gasteiger partial charge is 0.243 e. The van der Waals surface area contributed by atoms with Crippen molar-refractivity contribution in [2.45, 2.75) is 50.2 Å². The number of rotatable bonds is 7. The van der Waals surface area contributed by atoms with Crippen molar-refractivity contribution in [1.29, 1.82) is 0 Å². The Labute approximate surface area is 245 Å². The van der Waals surface area contributed by atoms with E-state index in [1.807, 2.05) is 60.5 Å². The summed E-state index contributed by atoms with van der Waals surface area (Å²) in [5, 5.41) is 14.9. The monoisotopic (exact) mass is 564 g/mol. The Hall–Kier alpha value is -4.24. The Bertz CT molecular complexity index is 1620. The van der Waals surface area contributed by atoms with Crippen molar-refractivity contribution >= 4 is 22.8 Å². The van der Waals surface area contributed by atoms with Crippen LogP contribution in [0.2, 0.25) is 0 Å². The van der Waals surface area contributed by atoms with Crippen LogP contribution in [0.4, 0.5) is 0 Å². The maximum Gasteiger partial charge on any atom is 0.243 e. The van der Waals surface area contributed by atoms with Crippen LogP contribution in [0, 0.1) is 5.92 Å². The molecule has 2 amide bonds. The number of nitrogens with one attached hydrogen (secondary N) is 2. The predicted molar refractivity (Wildman–Crippen MR) is 159 cm³/mol. The number of ether oxygens (including phenoxy) is 1. The van der Waals surface area contributed by atoms with Crippen LogP contribution in [0.5, 0.6) is 5.75 Å². The minimum absolute atomic E-state index is 0.0266. The van der Waals surface area contributed by atoms with Crippen molar-refractivity contribution in [2.75, 3.05) is 19.7 Å². The first-order chi connectivity index (χ1) is 20.5. The number of carbonyl (C=O) groups excluding carboxylic acids is 2. The molecule has 42 heavy (non-hydrogen) atoms. The van der Waals surface area contributed by atoms with Gasteiger partial charge in [0.2, 0.25) is 11.8 Å². The molecule has 0 spiro atoms. The lowest BCUT2D eigenvalue weighted by molar-refractivity contribution is -0.139. The summed E-state index contributed by atoms with van der Waals surface area (Å²) in [6, 6.07) is 21.7. The van der Waals surface area contributed by atoms with E-state index in [2.05, 4.69) is 39.1 Å². The summed E-state index contributed by atoms with van der Waals surface area (Å²) >= 11 is 0. The Balaban J connectivity index is 1.08. The summed E-state index contributed by atoms with van der Waals surface area (Å²) in [5.74, 6) is 1.37. The molecule has 9 nitrogen and oxygen atoms in total. The summed E-state index contributed by atoms with van der Waals surface area (Å²) in [7, 11) is 1.86. The zero-order valence-electron chi connectivity index (χ0n) is 23.8. The molecule has 3 aliphatic rings. The van der Waals surface area contributed by atoms with Gasteiger partial charge in [0, 0.05) is 38.7 Å². The highest BCUT2D eigenvalue weighted by atomic mass is 16.5. The van der Waals surface area contributed by atoms with Crippen LogP contribution in [0.15, 0.2) is 66.7 Å². The number of amides is 2. The number of aromatic nitrogens is 3. The predicted octanol–water partition coefficient (Wildman–Crippen LogP) is 3.12. The molecule has 2 fully saturated rings. The van der Waals surface area contributed by atoms with Crippen LogP contribution in [0.25, 0.3) is 11.0 Å². The fourth-order valence-corrected chi connectivity index (χ4v) is 6.96. The molecule has 4 heterocycles. The zero-order valence-corrected chi connectivity index (χ0v) is 23.8. The van der Waals surface area contributed by atoms with E-state index < -0.39 is 6.04 Å². The van der Waals surface area contributed by atoms with Gasteiger partial charge < -0.3 is 20.3 Å². The Morgan fingerprint density at radius 3 is 2.83 bits per heavy atom. The van der Waals surface area contributed by atoms with Crippen molar-refractivity contribution in [3.8, 4) is 5.75 Å². The molecular formula is C33H36N6O3. The Morgan fingerprint density at radius 2 is 1.95 bits per heavy atom. The SMILES string of the molecule is Cn1nnc2cc(CNC(=O)[C@@H]3C[C@@H](Cc4cccc5c4CCO5)CN3C(=O)[C@H]3C[C@@H](c4ccccc4)CN3)ccc21. The lowest BCUT2D eigenvalue weighted by Gasteiger charge is -2.27. The van der Waals surface area contributed by atoms with Crippen molar-refractivity contribution in [1.82, 2.24) is 30.5 Å². The third-order valence-corrected chi connectivity index (χ3v) is 9.16. The standard InChI is InChI=1S/C33H36N6O3/c1-38-29-11-10-21(15-27(29)36-37-38)18-35-32(40)30-16-22(14-24-8-5-9-31-26(24)12-13-42-31)20-39(30)33(41)28-17-25(19-34-28)23-6-3-2-4-7-23/h2-11,15,22,25,28,30,34H,12-14,16-20H2,1H3,(H,35,40)/t22-,25-,28-,30+/m1/s1. The average molecular weight is 565 g/mol. The third kappa shape index (κ3) is 5.13. The third-order valence-electron chi connectivity index (χ3n) is 9.16. The van der Waals surface area contributed by atoms with E-state index in [0.717, 1.165) is 48.2 Å². The van der Waals surface area contributed by atoms with Crippen LogP contribution in [-0.2, 0) is 36.0 Å². The molecule has 3 aliphatic heterocycles. The molecule has 4 atom stereocenters. The average Bonchev–Trinajstić information content (AvgIpc) is 3.83. The van der Waals surface area contributed by atoms with Gasteiger partial charge in [-0.05, 0) is 66.0 Å². The van der Waals surface area contributed by atoms with Crippen molar-refractivity contribution in [3.05, 3.63) is 89.0 Å². The second kappa shape index (κ2) is 11.2. The normalized spacial score (nSPS) is 23.2. The molecule has 0 unspecified atom stereocenters. The molecule has 2 saturated heterocycles. The molecule has 4 aromatic rings. The number of benzene rings is 3. The largest absolute Gasteiger partial charge is 0.493 e. The van der Waals surface area contributed by atoms with Gasteiger partial charge in [0.15, 0.2) is 0 Å². The molecule has 0 aliphatic carbocycles. The fourth-order valence-electron chi connectivity index (χ4n) is 6.96. The first-order valence-corrected chi connectivity index (χ1v) is 14.9. The van der Waals surface area contributed by atoms with Gasteiger partial charge in [-0.1, -0.05) is 53.7 Å². The quantitative estimate of drug-likeness (QED) is 0.358. The second-order valence-electron chi connectivity index (χ2n) is 11.9. The molecule has 216 valence electrons. The van der Waals surface area contributed by atoms with Crippen molar-refractivity contribution in [2.24, 2.45) is 13.0 Å². The van der Waals surface area contributed by atoms with Gasteiger partial charge in [0.05, 0.1) is 18.2 Å². The molecule has 0 bridgehead atoms. The number of fused-ring (bicyclic) bond motifs is 2. The van der Waals surface area contributed by atoms with Crippen LogP contribution >= 0.6 is 0 Å². The molecule has 0 saturated carbocycles. The summed E-state index contributed by atoms with van der Waals surface area (Å²) < 4.78 is 7.52. The molecule has 7 rings (SSSR count). The minimum Gasteiger partial charge on any atom is -0.493 e. The van der Waals surface area contributed by atoms with E-state index in [1.165, 1.54) is 16.7 Å². The summed E-state index contributed by atoms with van der Waals surface area (Å²) in [6.45, 7) is 2.41. The highest BCUT2D eigenvalue weighted by Gasteiger charge is 2.43. The number of carbonyl (C=O) groups is 2. The Morgan fingerprint density at radius 1 is 1.07 bits per heavy atom. The van der Waals surface area contributed by atoms with Gasteiger partial charge in [0.25, 0.3) is 0 Å². The fraction of sp³-hybridized carbons (Fsp3) is 0.394. The van der Waals surface area contributed by atoms with Gasteiger partial charge in [-0.3, -0.25) is 9.59 Å². The number of aryl methyl sites for hydroxylation is 1. The van der Waals surface area contributed by atoms with Gasteiger partial charge >= 0.3 is 0 Å². The summed E-state index contributed by atoms with van der Waals surface area (Å²) in [5.41, 5.74) is 6.47. The number of nitrogens with zero attached hydrogens (tertiary/aromatic N) is 4. The number of hydrogen-bond donors (Lipinski definition) is 2. The summed E-state index contributed by atoms with van der Waals surface area (Å²) in [6.07, 6.45) is 3.11. The minimum atomic E-state index is -0.506. The highest BCUT2D eigenvalue weighted by Crippen LogP contribution is 2.34. The van der Waals surface area contributed by atoms with Gasteiger partial charge in [-0.2, -0.15) is 0 Å². The molecular weight excluding hydrogens is 528 g/mol. The molecule has 9 heteroatoms. The zero-order chi connectivity index (χ0) is 28.6. The topological polar surface area (TPSA) is 101 Å². The first-order valence-electron chi connectivity index (χ1n) is 14.9. The molecule has 2 N–H and O–H groups in total. The highest BCUT2D eigenvalue weighted by molar-refractivity contribution is 5.91. The van der Waals surface area contributed by atoms with Crippen LogP contribution in [0.1, 0.15) is 41.0 Å². The van der Waals surface area contributed by atoms with E-state index in [0.29, 0.717) is 26.1 Å². The van der Waals surface area contributed by atoms with E-state index in [-0.39, 0.29) is 29.7 Å². The van der Waals surface area contributed by atoms with E-state index in [9.17, 15) is 9.59 Å². The maximum atomic E-state index is 14.0. The number of likely N-dealkylation sites (tertiary alicyclic amines) is 1. The second-order valence-corrected chi connectivity index (χ2v) is 11.9. The van der Waals surface area contributed by atoms with Crippen LogP contribution in [-0.4, -0.2) is 63.5 Å². The first kappa shape index (κ1) is 26.6. The van der Waals surface area contributed by atoms with Gasteiger partial charge in [0.1, 0.15) is 17.3 Å². The molecule has 0 radical (unpaired) electrons. The summed E-state index contributed by atoms with van der Waals surface area (Å²) in [4.78, 5) is 29.5. The maximum absolute atomic E-state index is 14.0. The van der Waals surface area contributed by atoms with Gasteiger partial charge in [-0.25, -0.2) is 4.68 Å². The molecule has 3 aromatic carbocycles. The van der Waals surface area contributed by atoms with Crippen LogP contribution < -0.4 is 15.4 Å². The van der Waals surface area contributed by atoms with Crippen LogP contribution in [0.3, 0.4) is 0 Å².